The third kappa shape index (κ3) is 3.84. The Balaban J connectivity index is 1.84. The van der Waals surface area contributed by atoms with Crippen molar-refractivity contribution in [2.24, 2.45) is 0 Å². The van der Waals surface area contributed by atoms with Gasteiger partial charge in [0.1, 0.15) is 18.4 Å². The molecule has 19 heavy (non-hydrogen) atoms. The Morgan fingerprint density at radius 3 is 3.05 bits per heavy atom. The summed E-state index contributed by atoms with van der Waals surface area (Å²) < 4.78 is 6.44. The van der Waals surface area contributed by atoms with Crippen LogP contribution in [0.25, 0.3) is 0 Å². The van der Waals surface area contributed by atoms with Crippen molar-refractivity contribution in [2.75, 3.05) is 19.7 Å². The highest BCUT2D eigenvalue weighted by molar-refractivity contribution is 9.10. The summed E-state index contributed by atoms with van der Waals surface area (Å²) in [5.41, 5.74) is 0. The fourth-order valence-corrected chi connectivity index (χ4v) is 3.04. The van der Waals surface area contributed by atoms with Crippen LogP contribution in [-0.4, -0.2) is 41.7 Å². The molecule has 4 nitrogen and oxygen atoms in total. The fraction of sp³-hybridized carbons (Fsp3) is 0.462. The van der Waals surface area contributed by atoms with Gasteiger partial charge in [-0.2, -0.15) is 0 Å². The first-order valence-electron chi connectivity index (χ1n) is 6.12. The molecule has 1 aromatic rings. The summed E-state index contributed by atoms with van der Waals surface area (Å²) in [5.74, 6) is -0.0272. The molecule has 1 N–H and O–H groups in total. The molecule has 1 saturated heterocycles. The van der Waals surface area contributed by atoms with Crippen molar-refractivity contribution in [2.45, 2.75) is 18.9 Å². The minimum Gasteiger partial charge on any atom is -0.491 e. The number of halogens is 2. The molecule has 6 heteroatoms. The lowest BCUT2D eigenvalue weighted by Crippen LogP contribution is -2.38. The molecule has 1 aromatic carbocycles. The number of carbonyl (C=O) groups is 1. The van der Waals surface area contributed by atoms with Crippen molar-refractivity contribution in [3.8, 4) is 5.75 Å². The number of aliphatic carboxylic acids is 1. The van der Waals surface area contributed by atoms with Crippen LogP contribution in [0.4, 0.5) is 0 Å². The van der Waals surface area contributed by atoms with Crippen LogP contribution in [0.3, 0.4) is 0 Å². The van der Waals surface area contributed by atoms with E-state index in [0.717, 1.165) is 29.6 Å². The molecule has 0 bridgehead atoms. The minimum atomic E-state index is -0.745. The van der Waals surface area contributed by atoms with Gasteiger partial charge in [0.25, 0.3) is 0 Å². The fourth-order valence-electron chi connectivity index (χ4n) is 2.24. The van der Waals surface area contributed by atoms with Gasteiger partial charge in [-0.05, 0) is 53.5 Å². The molecule has 0 aromatic heterocycles. The second-order valence-corrected chi connectivity index (χ2v) is 5.75. The van der Waals surface area contributed by atoms with Crippen LogP contribution in [0.15, 0.2) is 22.7 Å². The second kappa shape index (κ2) is 6.59. The van der Waals surface area contributed by atoms with E-state index >= 15 is 0 Å². The molecule has 1 fully saturated rings. The number of carboxylic acid groups (broad SMARTS) is 1. The minimum absolute atomic E-state index is 0.364. The lowest BCUT2D eigenvalue weighted by atomic mass is 10.2. The highest BCUT2D eigenvalue weighted by atomic mass is 79.9. The number of rotatable bonds is 5. The number of benzene rings is 1. The summed E-state index contributed by atoms with van der Waals surface area (Å²) in [7, 11) is 0. The van der Waals surface area contributed by atoms with E-state index in [1.165, 1.54) is 0 Å². The van der Waals surface area contributed by atoms with E-state index < -0.39 is 5.97 Å². The first-order valence-corrected chi connectivity index (χ1v) is 7.30. The lowest BCUT2D eigenvalue weighted by molar-refractivity contribution is -0.142. The Kier molecular flexibility index (Phi) is 5.07. The maximum Gasteiger partial charge on any atom is 0.320 e. The zero-order chi connectivity index (χ0) is 13.8. The lowest BCUT2D eigenvalue weighted by Gasteiger charge is -2.21. The van der Waals surface area contributed by atoms with Gasteiger partial charge in [-0.15, -0.1) is 0 Å². The van der Waals surface area contributed by atoms with Gasteiger partial charge in [0.05, 0.1) is 4.47 Å². The molecule has 1 heterocycles. The van der Waals surface area contributed by atoms with Gasteiger partial charge in [-0.1, -0.05) is 11.6 Å². The number of nitrogens with zero attached hydrogens (tertiary/aromatic N) is 1. The van der Waals surface area contributed by atoms with E-state index in [9.17, 15) is 4.79 Å². The van der Waals surface area contributed by atoms with Crippen molar-refractivity contribution in [1.29, 1.82) is 0 Å². The average Bonchev–Trinajstić information content (AvgIpc) is 2.80. The topological polar surface area (TPSA) is 49.8 Å². The Labute approximate surface area is 125 Å². The quantitative estimate of drug-likeness (QED) is 0.888. The predicted molar refractivity (Wildman–Crippen MR) is 76.9 cm³/mol. The van der Waals surface area contributed by atoms with Crippen LogP contribution >= 0.6 is 27.5 Å². The van der Waals surface area contributed by atoms with Gasteiger partial charge >= 0.3 is 5.97 Å². The van der Waals surface area contributed by atoms with Crippen LogP contribution in [0, 0.1) is 0 Å². The van der Waals surface area contributed by atoms with Crippen molar-refractivity contribution in [3.63, 3.8) is 0 Å². The highest BCUT2D eigenvalue weighted by Gasteiger charge is 2.29. The molecular formula is C13H15BrClNO3. The van der Waals surface area contributed by atoms with Gasteiger partial charge < -0.3 is 9.84 Å². The predicted octanol–water partition coefficient (Wildman–Crippen LogP) is 3.03. The molecule has 0 spiro atoms. The van der Waals surface area contributed by atoms with Gasteiger partial charge in [0, 0.05) is 11.6 Å². The largest absolute Gasteiger partial charge is 0.491 e. The van der Waals surface area contributed by atoms with Crippen molar-refractivity contribution >= 4 is 33.5 Å². The molecule has 1 unspecified atom stereocenters. The standard InChI is InChI=1S/C13H15BrClNO3/c14-10-8-9(15)3-4-12(10)19-7-6-16-5-1-2-11(16)13(17)18/h3-4,8,11H,1-2,5-7H2,(H,17,18). The van der Waals surface area contributed by atoms with E-state index in [1.54, 1.807) is 18.2 Å². The van der Waals surface area contributed by atoms with Crippen LogP contribution < -0.4 is 4.74 Å². The van der Waals surface area contributed by atoms with E-state index in [-0.39, 0.29) is 6.04 Å². The number of carboxylic acids is 1. The molecule has 1 aliphatic rings. The van der Waals surface area contributed by atoms with E-state index in [0.29, 0.717) is 18.2 Å². The molecule has 0 aliphatic carbocycles. The third-order valence-corrected chi connectivity index (χ3v) is 4.03. The zero-order valence-corrected chi connectivity index (χ0v) is 12.7. The molecule has 2 rings (SSSR count). The van der Waals surface area contributed by atoms with Crippen LogP contribution in [0.2, 0.25) is 5.02 Å². The SMILES string of the molecule is O=C(O)C1CCCN1CCOc1ccc(Cl)cc1Br. The number of hydrogen-bond donors (Lipinski definition) is 1. The number of hydrogen-bond acceptors (Lipinski definition) is 3. The summed E-state index contributed by atoms with van der Waals surface area (Å²) in [5, 5.41) is 9.71. The van der Waals surface area contributed by atoms with Gasteiger partial charge in [-0.3, -0.25) is 9.69 Å². The van der Waals surface area contributed by atoms with Crippen molar-refractivity contribution < 1.29 is 14.6 Å². The van der Waals surface area contributed by atoms with E-state index in [4.69, 9.17) is 21.4 Å². The maximum atomic E-state index is 11.0. The Morgan fingerprint density at radius 1 is 1.58 bits per heavy atom. The third-order valence-electron chi connectivity index (χ3n) is 3.18. The first-order chi connectivity index (χ1) is 9.08. The second-order valence-electron chi connectivity index (χ2n) is 4.46. The summed E-state index contributed by atoms with van der Waals surface area (Å²) >= 11 is 9.23. The summed E-state index contributed by atoms with van der Waals surface area (Å²) in [6, 6.07) is 4.97. The van der Waals surface area contributed by atoms with Gasteiger partial charge in [-0.25, -0.2) is 0 Å². The Hall–Kier alpha value is -0.780. The summed E-state index contributed by atoms with van der Waals surface area (Å²) in [6.45, 7) is 1.90. The van der Waals surface area contributed by atoms with E-state index in [2.05, 4.69) is 15.9 Å². The molecular weight excluding hydrogens is 334 g/mol. The van der Waals surface area contributed by atoms with Crippen molar-refractivity contribution in [3.05, 3.63) is 27.7 Å². The van der Waals surface area contributed by atoms with Gasteiger partial charge in [0.2, 0.25) is 0 Å². The van der Waals surface area contributed by atoms with Crippen molar-refractivity contribution in [1.82, 2.24) is 4.90 Å². The number of likely N-dealkylation sites (tertiary alicyclic amines) is 1. The molecule has 104 valence electrons. The number of ether oxygens (including phenoxy) is 1. The molecule has 0 radical (unpaired) electrons. The Morgan fingerprint density at radius 2 is 2.37 bits per heavy atom. The molecule has 1 atom stereocenters. The maximum absolute atomic E-state index is 11.0. The molecule has 0 saturated carbocycles. The normalized spacial score (nSPS) is 19.6. The first kappa shape index (κ1) is 14.6. The zero-order valence-electron chi connectivity index (χ0n) is 10.3. The summed E-state index contributed by atoms with van der Waals surface area (Å²) in [4.78, 5) is 13.0. The summed E-state index contributed by atoms with van der Waals surface area (Å²) in [6.07, 6.45) is 1.65. The smallest absolute Gasteiger partial charge is 0.320 e. The van der Waals surface area contributed by atoms with E-state index in [1.807, 2.05) is 4.90 Å². The van der Waals surface area contributed by atoms with Crippen LogP contribution in [0.1, 0.15) is 12.8 Å². The monoisotopic (exact) mass is 347 g/mol. The van der Waals surface area contributed by atoms with Crippen LogP contribution in [0.5, 0.6) is 5.75 Å². The average molecular weight is 349 g/mol. The molecule has 1 aliphatic heterocycles. The van der Waals surface area contributed by atoms with Gasteiger partial charge in [0.15, 0.2) is 0 Å². The van der Waals surface area contributed by atoms with Crippen LogP contribution in [-0.2, 0) is 4.79 Å². The molecule has 0 amide bonds. The highest BCUT2D eigenvalue weighted by Crippen LogP contribution is 2.28. The Bertz CT molecular complexity index is 469.